The average Bonchev–Trinajstić information content (AvgIpc) is 3.37. The molecule has 33 heavy (non-hydrogen) atoms. The molecule has 4 rings (SSSR count). The van der Waals surface area contributed by atoms with Crippen LogP contribution in [0.1, 0.15) is 35.0 Å². The molecule has 0 spiro atoms. The molecule has 0 radical (unpaired) electrons. The van der Waals surface area contributed by atoms with Gasteiger partial charge in [-0.15, -0.1) is 0 Å². The van der Waals surface area contributed by atoms with E-state index in [-0.39, 0.29) is 30.1 Å². The summed E-state index contributed by atoms with van der Waals surface area (Å²) in [6.07, 6.45) is -0.614. The number of nitrogens with one attached hydrogen (secondary N) is 1. The van der Waals surface area contributed by atoms with Crippen molar-refractivity contribution < 1.29 is 38.1 Å². The average molecular weight is 456 g/mol. The third kappa shape index (κ3) is 3.88. The minimum absolute atomic E-state index is 0.149. The molecular formula is C23H24N2O8. The number of fused-ring (bicyclic) bond motifs is 1. The summed E-state index contributed by atoms with van der Waals surface area (Å²) >= 11 is 0. The minimum Gasteiger partial charge on any atom is -0.497 e. The van der Waals surface area contributed by atoms with E-state index in [2.05, 4.69) is 5.32 Å². The number of rotatable bonds is 7. The van der Waals surface area contributed by atoms with E-state index in [4.69, 9.17) is 23.7 Å². The van der Waals surface area contributed by atoms with Crippen molar-refractivity contribution in [2.45, 2.75) is 25.1 Å². The Morgan fingerprint density at radius 2 is 1.70 bits per heavy atom. The first-order chi connectivity index (χ1) is 15.9. The van der Waals surface area contributed by atoms with Crippen LogP contribution in [-0.4, -0.2) is 57.2 Å². The largest absolute Gasteiger partial charge is 0.497 e. The van der Waals surface area contributed by atoms with Gasteiger partial charge in [0.1, 0.15) is 23.1 Å². The summed E-state index contributed by atoms with van der Waals surface area (Å²) < 4.78 is 26.6. The number of esters is 1. The Hall–Kier alpha value is -3.95. The number of amides is 2. The number of anilines is 1. The first-order valence-electron chi connectivity index (χ1n) is 10.2. The summed E-state index contributed by atoms with van der Waals surface area (Å²) in [6.45, 7) is 0. The fraction of sp³-hybridized carbons (Fsp3) is 0.348. The third-order valence-corrected chi connectivity index (χ3v) is 5.70. The van der Waals surface area contributed by atoms with Crippen LogP contribution in [0.4, 0.5) is 5.69 Å². The predicted molar refractivity (Wildman–Crippen MR) is 116 cm³/mol. The Morgan fingerprint density at radius 1 is 1.00 bits per heavy atom. The SMILES string of the molecule is COc1cc(NC(=O)C2CCC(=O)N2C2OC(=O)c3c2ccc(OC)c3OC)cc(OC)c1. The van der Waals surface area contributed by atoms with E-state index in [0.29, 0.717) is 28.5 Å². The van der Waals surface area contributed by atoms with Crippen LogP contribution in [0.25, 0.3) is 0 Å². The second kappa shape index (κ2) is 8.89. The van der Waals surface area contributed by atoms with Crippen LogP contribution in [0.3, 0.4) is 0 Å². The van der Waals surface area contributed by atoms with E-state index in [1.807, 2.05) is 0 Å². The van der Waals surface area contributed by atoms with Crippen LogP contribution in [0.15, 0.2) is 30.3 Å². The molecule has 2 aliphatic rings. The molecule has 1 N–H and O–H groups in total. The molecule has 1 saturated heterocycles. The quantitative estimate of drug-likeness (QED) is 0.633. The number of cyclic esters (lactones) is 1. The zero-order valence-corrected chi connectivity index (χ0v) is 18.7. The maximum atomic E-state index is 13.2. The fourth-order valence-corrected chi connectivity index (χ4v) is 4.15. The number of nitrogens with zero attached hydrogens (tertiary/aromatic N) is 1. The molecule has 0 aliphatic carbocycles. The molecular weight excluding hydrogens is 432 g/mol. The maximum Gasteiger partial charge on any atom is 0.344 e. The molecule has 10 heteroatoms. The van der Waals surface area contributed by atoms with E-state index < -0.39 is 24.1 Å². The molecule has 2 amide bonds. The number of carbonyl (C=O) groups is 3. The van der Waals surface area contributed by atoms with Crippen LogP contribution >= 0.6 is 0 Å². The Balaban J connectivity index is 1.64. The van der Waals surface area contributed by atoms with Gasteiger partial charge in [-0.3, -0.25) is 14.5 Å². The van der Waals surface area contributed by atoms with E-state index in [1.54, 1.807) is 30.3 Å². The summed E-state index contributed by atoms with van der Waals surface area (Å²) in [5.41, 5.74) is 1.07. The highest BCUT2D eigenvalue weighted by Gasteiger charge is 2.47. The fourth-order valence-electron chi connectivity index (χ4n) is 4.15. The van der Waals surface area contributed by atoms with Crippen LogP contribution in [-0.2, 0) is 14.3 Å². The maximum absolute atomic E-state index is 13.2. The van der Waals surface area contributed by atoms with E-state index >= 15 is 0 Å². The molecule has 2 unspecified atom stereocenters. The Morgan fingerprint density at radius 3 is 2.30 bits per heavy atom. The molecule has 2 heterocycles. The Kier molecular flexibility index (Phi) is 5.99. The van der Waals surface area contributed by atoms with Gasteiger partial charge in [-0.1, -0.05) is 0 Å². The Bertz CT molecular complexity index is 1090. The van der Waals surface area contributed by atoms with E-state index in [1.165, 1.54) is 33.3 Å². The summed E-state index contributed by atoms with van der Waals surface area (Å²) in [4.78, 5) is 39.9. The van der Waals surface area contributed by atoms with Gasteiger partial charge in [0.15, 0.2) is 11.5 Å². The predicted octanol–water partition coefficient (Wildman–Crippen LogP) is 2.52. The van der Waals surface area contributed by atoms with Crippen LogP contribution in [0, 0.1) is 0 Å². The van der Waals surface area contributed by atoms with Gasteiger partial charge in [0.2, 0.25) is 18.0 Å². The van der Waals surface area contributed by atoms with Crippen molar-refractivity contribution in [2.24, 2.45) is 0 Å². The van der Waals surface area contributed by atoms with E-state index in [9.17, 15) is 14.4 Å². The molecule has 0 bridgehead atoms. The first kappa shape index (κ1) is 22.3. The van der Waals surface area contributed by atoms with Crippen LogP contribution < -0.4 is 24.3 Å². The summed E-state index contributed by atoms with van der Waals surface area (Å²) in [5, 5.41) is 2.81. The molecule has 10 nitrogen and oxygen atoms in total. The van der Waals surface area contributed by atoms with Crippen molar-refractivity contribution in [1.29, 1.82) is 0 Å². The highest BCUT2D eigenvalue weighted by atomic mass is 16.6. The van der Waals surface area contributed by atoms with Gasteiger partial charge in [-0.25, -0.2) is 4.79 Å². The molecule has 2 aromatic carbocycles. The van der Waals surface area contributed by atoms with Crippen molar-refractivity contribution >= 4 is 23.5 Å². The molecule has 2 aromatic rings. The number of benzene rings is 2. The molecule has 2 atom stereocenters. The Labute approximate surface area is 190 Å². The molecule has 174 valence electrons. The molecule has 1 fully saturated rings. The standard InChI is InChI=1S/C23H24N2O8/c1-29-13-9-12(10-14(11-13)30-2)24-21(27)16-6-8-18(26)25(16)22-15-5-7-17(31-3)20(32-4)19(15)23(28)33-22/h5,7,9-11,16,22H,6,8H2,1-4H3,(H,24,27). The highest BCUT2D eigenvalue weighted by Crippen LogP contribution is 2.45. The summed E-state index contributed by atoms with van der Waals surface area (Å²) in [7, 11) is 5.89. The molecule has 0 aromatic heterocycles. The first-order valence-corrected chi connectivity index (χ1v) is 10.2. The van der Waals surface area contributed by atoms with E-state index in [0.717, 1.165) is 0 Å². The van der Waals surface area contributed by atoms with Gasteiger partial charge in [-0.05, 0) is 18.6 Å². The van der Waals surface area contributed by atoms with Gasteiger partial charge >= 0.3 is 5.97 Å². The minimum atomic E-state index is -1.04. The van der Waals surface area contributed by atoms with Gasteiger partial charge in [0.05, 0.1) is 28.4 Å². The summed E-state index contributed by atoms with van der Waals surface area (Å²) in [6, 6.07) is 7.39. The van der Waals surface area contributed by atoms with Gasteiger partial charge in [0.25, 0.3) is 0 Å². The van der Waals surface area contributed by atoms with Gasteiger partial charge < -0.3 is 29.0 Å². The zero-order chi connectivity index (χ0) is 23.7. The lowest BCUT2D eigenvalue weighted by Gasteiger charge is -2.29. The van der Waals surface area contributed by atoms with Crippen molar-refractivity contribution in [1.82, 2.24) is 4.90 Å². The lowest BCUT2D eigenvalue weighted by atomic mass is 10.1. The number of ether oxygens (including phenoxy) is 5. The van der Waals surface area contributed by atoms with Crippen LogP contribution in [0.5, 0.6) is 23.0 Å². The topological polar surface area (TPSA) is 113 Å². The van der Waals surface area contributed by atoms with Gasteiger partial charge in [-0.2, -0.15) is 0 Å². The highest BCUT2D eigenvalue weighted by molar-refractivity contribution is 6.01. The number of hydrogen-bond acceptors (Lipinski definition) is 8. The number of hydrogen-bond donors (Lipinski definition) is 1. The normalized spacial score (nSPS) is 19.1. The lowest BCUT2D eigenvalue weighted by Crippen LogP contribution is -2.43. The number of carbonyl (C=O) groups excluding carboxylic acids is 3. The van der Waals surface area contributed by atoms with Crippen molar-refractivity contribution in [3.05, 3.63) is 41.5 Å². The molecule has 2 aliphatic heterocycles. The molecule has 0 saturated carbocycles. The number of likely N-dealkylation sites (tertiary alicyclic amines) is 1. The monoisotopic (exact) mass is 456 g/mol. The zero-order valence-electron chi connectivity index (χ0n) is 18.7. The van der Waals surface area contributed by atoms with Crippen molar-refractivity contribution in [3.63, 3.8) is 0 Å². The lowest BCUT2D eigenvalue weighted by molar-refractivity contribution is -0.144. The van der Waals surface area contributed by atoms with Gasteiger partial charge in [0, 0.05) is 35.9 Å². The van der Waals surface area contributed by atoms with Crippen molar-refractivity contribution in [3.8, 4) is 23.0 Å². The third-order valence-electron chi connectivity index (χ3n) is 5.70. The number of methoxy groups -OCH3 is 4. The van der Waals surface area contributed by atoms with Crippen molar-refractivity contribution in [2.75, 3.05) is 33.8 Å². The summed E-state index contributed by atoms with van der Waals surface area (Å²) in [5.74, 6) is 0.232. The van der Waals surface area contributed by atoms with Crippen LogP contribution in [0.2, 0.25) is 0 Å². The smallest absolute Gasteiger partial charge is 0.344 e. The second-order valence-electron chi connectivity index (χ2n) is 7.47. The second-order valence-corrected chi connectivity index (χ2v) is 7.47.